The number of thioether (sulfide) groups is 1. The lowest BCUT2D eigenvalue weighted by molar-refractivity contribution is -0.117. The summed E-state index contributed by atoms with van der Waals surface area (Å²) < 4.78 is 0. The van der Waals surface area contributed by atoms with Gasteiger partial charge < -0.3 is 25.6 Å². The Morgan fingerprint density at radius 3 is 3.04 bits per heavy atom. The van der Waals surface area contributed by atoms with E-state index in [1.807, 2.05) is 31.1 Å². The number of fused-ring (bicyclic) bond motifs is 1. The highest BCUT2D eigenvalue weighted by molar-refractivity contribution is 8.04. The van der Waals surface area contributed by atoms with Crippen LogP contribution in [-0.4, -0.2) is 63.0 Å². The number of H-pyrrole nitrogens is 1. The molecule has 2 aliphatic heterocycles. The van der Waals surface area contributed by atoms with E-state index in [0.29, 0.717) is 17.9 Å². The second-order valence-electron chi connectivity index (χ2n) is 7.09. The number of aliphatic hydroxyl groups excluding tert-OH is 1. The van der Waals surface area contributed by atoms with Gasteiger partial charge in [0.2, 0.25) is 0 Å². The minimum Gasteiger partial charge on any atom is -0.392 e. The molecule has 3 atom stereocenters. The van der Waals surface area contributed by atoms with Gasteiger partial charge in [-0.3, -0.25) is 4.79 Å². The van der Waals surface area contributed by atoms with Crippen molar-refractivity contribution in [2.75, 3.05) is 23.7 Å². The molecule has 0 spiro atoms. The van der Waals surface area contributed by atoms with Gasteiger partial charge in [-0.05, 0) is 25.8 Å². The van der Waals surface area contributed by atoms with Crippen molar-refractivity contribution in [2.24, 2.45) is 0 Å². The largest absolute Gasteiger partial charge is 0.392 e. The minimum atomic E-state index is -0.335. The van der Waals surface area contributed by atoms with E-state index in [2.05, 4.69) is 25.6 Å². The molecule has 10 heteroatoms. The van der Waals surface area contributed by atoms with Crippen molar-refractivity contribution in [3.05, 3.63) is 29.2 Å². The lowest BCUT2D eigenvalue weighted by Crippen LogP contribution is -2.46. The van der Waals surface area contributed by atoms with Crippen molar-refractivity contribution in [3.8, 4) is 0 Å². The summed E-state index contributed by atoms with van der Waals surface area (Å²) in [7, 11) is 0. The Morgan fingerprint density at radius 2 is 2.29 bits per heavy atom. The fraction of sp³-hybridized carbons (Fsp3) is 0.500. The lowest BCUT2D eigenvalue weighted by Gasteiger charge is -2.27. The SMILES string of the molecule is Cc1c[nH]c2ncnc(N3C=C(C(=O)NC(C)[C@@H]4C[C@H](O)CN4)SCC3)c12.Cl. The molecule has 1 fully saturated rings. The Hall–Kier alpha value is -1.81. The van der Waals surface area contributed by atoms with Crippen LogP contribution in [0.5, 0.6) is 0 Å². The van der Waals surface area contributed by atoms with Gasteiger partial charge in [-0.25, -0.2) is 9.97 Å². The van der Waals surface area contributed by atoms with Crippen LogP contribution in [0, 0.1) is 6.92 Å². The summed E-state index contributed by atoms with van der Waals surface area (Å²) in [5, 5.41) is 17.0. The van der Waals surface area contributed by atoms with Crippen molar-refractivity contribution in [1.82, 2.24) is 25.6 Å². The molecule has 28 heavy (non-hydrogen) atoms. The number of carbonyl (C=O) groups is 1. The normalized spacial score (nSPS) is 23.2. The van der Waals surface area contributed by atoms with E-state index in [0.717, 1.165) is 34.7 Å². The molecule has 2 aromatic rings. The lowest BCUT2D eigenvalue weighted by atomic mass is 10.1. The Bertz CT molecular complexity index is 888. The molecule has 0 radical (unpaired) electrons. The van der Waals surface area contributed by atoms with Crippen LogP contribution in [0.15, 0.2) is 23.6 Å². The van der Waals surface area contributed by atoms with E-state index in [-0.39, 0.29) is 36.5 Å². The zero-order chi connectivity index (χ0) is 19.0. The van der Waals surface area contributed by atoms with Gasteiger partial charge in [-0.15, -0.1) is 24.2 Å². The van der Waals surface area contributed by atoms with Crippen LogP contribution in [-0.2, 0) is 4.79 Å². The maximum atomic E-state index is 12.7. The summed E-state index contributed by atoms with van der Waals surface area (Å²) in [6.07, 6.45) is 5.66. The average Bonchev–Trinajstić information content (AvgIpc) is 3.28. The Kier molecular flexibility index (Phi) is 6.49. The Morgan fingerprint density at radius 1 is 1.46 bits per heavy atom. The van der Waals surface area contributed by atoms with Crippen LogP contribution in [0.3, 0.4) is 0 Å². The molecular weight excluding hydrogens is 400 g/mol. The summed E-state index contributed by atoms with van der Waals surface area (Å²) in [6, 6.07) is 0.0439. The molecule has 4 heterocycles. The van der Waals surface area contributed by atoms with Crippen LogP contribution in [0.4, 0.5) is 5.82 Å². The summed E-state index contributed by atoms with van der Waals surface area (Å²) in [6.45, 7) is 5.35. The molecule has 2 aliphatic rings. The van der Waals surface area contributed by atoms with Gasteiger partial charge in [-0.1, -0.05) is 0 Å². The topological polar surface area (TPSA) is 106 Å². The van der Waals surface area contributed by atoms with E-state index < -0.39 is 0 Å². The number of β-amino-alcohol motifs (C(OH)–C–C–N with tert-alkyl or cyclic N) is 1. The second-order valence-corrected chi connectivity index (χ2v) is 8.23. The molecule has 4 rings (SSSR count). The number of rotatable bonds is 4. The van der Waals surface area contributed by atoms with Crippen LogP contribution in [0.25, 0.3) is 11.0 Å². The molecule has 0 saturated carbocycles. The zero-order valence-electron chi connectivity index (χ0n) is 15.8. The number of nitrogens with one attached hydrogen (secondary N) is 3. The van der Waals surface area contributed by atoms with Gasteiger partial charge in [0.1, 0.15) is 17.8 Å². The number of hydrogen-bond acceptors (Lipinski definition) is 7. The molecule has 4 N–H and O–H groups in total. The van der Waals surface area contributed by atoms with E-state index >= 15 is 0 Å². The van der Waals surface area contributed by atoms with Crippen LogP contribution in [0.1, 0.15) is 18.9 Å². The van der Waals surface area contributed by atoms with Crippen molar-refractivity contribution < 1.29 is 9.90 Å². The number of amides is 1. The van der Waals surface area contributed by atoms with Gasteiger partial charge in [-0.2, -0.15) is 0 Å². The molecule has 152 valence electrons. The first kappa shape index (κ1) is 20.9. The van der Waals surface area contributed by atoms with Gasteiger partial charge in [0.05, 0.1) is 16.4 Å². The third kappa shape index (κ3) is 4.12. The smallest absolute Gasteiger partial charge is 0.259 e. The van der Waals surface area contributed by atoms with E-state index in [4.69, 9.17) is 0 Å². The van der Waals surface area contributed by atoms with Crippen molar-refractivity contribution in [2.45, 2.75) is 38.5 Å². The first-order valence-corrected chi connectivity index (χ1v) is 10.1. The van der Waals surface area contributed by atoms with Gasteiger partial charge >= 0.3 is 0 Å². The standard InChI is InChI=1S/C18H24N6O2S.ClH/c1-10-6-20-16-15(10)17(22-9-21-16)24-3-4-27-14(8-24)18(26)23-11(2)13-5-12(25)7-19-13;/h6,8-9,11-13,19,25H,3-5,7H2,1-2H3,(H,23,26)(H,20,21,22);1H/t11?,12-,13-;/m0./s1. The summed E-state index contributed by atoms with van der Waals surface area (Å²) >= 11 is 1.55. The number of carbonyl (C=O) groups excluding carboxylic acids is 1. The third-order valence-electron chi connectivity index (χ3n) is 5.11. The number of aromatic amines is 1. The minimum absolute atomic E-state index is 0. The first-order chi connectivity index (χ1) is 13.0. The third-order valence-corrected chi connectivity index (χ3v) is 6.10. The van der Waals surface area contributed by atoms with Crippen LogP contribution in [0.2, 0.25) is 0 Å². The number of aryl methyl sites for hydroxylation is 1. The van der Waals surface area contributed by atoms with Crippen LogP contribution >= 0.6 is 24.2 Å². The van der Waals surface area contributed by atoms with Crippen molar-refractivity contribution >= 4 is 46.9 Å². The molecule has 1 amide bonds. The fourth-order valence-electron chi connectivity index (χ4n) is 3.61. The zero-order valence-corrected chi connectivity index (χ0v) is 17.4. The van der Waals surface area contributed by atoms with Gasteiger partial charge in [0.15, 0.2) is 0 Å². The van der Waals surface area contributed by atoms with E-state index in [9.17, 15) is 9.90 Å². The highest BCUT2D eigenvalue weighted by Crippen LogP contribution is 2.30. The van der Waals surface area contributed by atoms with Crippen molar-refractivity contribution in [3.63, 3.8) is 0 Å². The summed E-state index contributed by atoms with van der Waals surface area (Å²) in [4.78, 5) is 27.3. The number of aliphatic hydroxyl groups is 1. The summed E-state index contributed by atoms with van der Waals surface area (Å²) in [5.74, 6) is 1.54. The Labute approximate surface area is 174 Å². The van der Waals surface area contributed by atoms with E-state index in [1.165, 1.54) is 0 Å². The number of nitrogens with zero attached hydrogens (tertiary/aromatic N) is 3. The van der Waals surface area contributed by atoms with Gasteiger partial charge in [0.25, 0.3) is 5.91 Å². The number of halogens is 1. The maximum absolute atomic E-state index is 12.7. The fourth-order valence-corrected chi connectivity index (χ4v) is 4.51. The molecule has 0 aromatic carbocycles. The van der Waals surface area contributed by atoms with E-state index in [1.54, 1.807) is 18.1 Å². The molecule has 8 nitrogen and oxygen atoms in total. The number of aromatic nitrogens is 3. The monoisotopic (exact) mass is 424 g/mol. The Balaban J connectivity index is 0.00000225. The molecular formula is C18H25ClN6O2S. The second kappa shape index (κ2) is 8.69. The van der Waals surface area contributed by atoms with Crippen LogP contribution < -0.4 is 15.5 Å². The maximum Gasteiger partial charge on any atom is 0.259 e. The molecule has 0 bridgehead atoms. The predicted molar refractivity (Wildman–Crippen MR) is 114 cm³/mol. The molecule has 1 saturated heterocycles. The van der Waals surface area contributed by atoms with Gasteiger partial charge in [0, 0.05) is 43.3 Å². The summed E-state index contributed by atoms with van der Waals surface area (Å²) in [5.41, 5.74) is 1.88. The molecule has 2 aromatic heterocycles. The average molecular weight is 425 g/mol. The predicted octanol–water partition coefficient (Wildman–Crippen LogP) is 1.31. The first-order valence-electron chi connectivity index (χ1n) is 9.15. The number of hydrogen-bond donors (Lipinski definition) is 4. The number of anilines is 1. The highest BCUT2D eigenvalue weighted by atomic mass is 35.5. The highest BCUT2D eigenvalue weighted by Gasteiger charge is 2.29. The molecule has 0 aliphatic carbocycles. The molecule has 1 unspecified atom stereocenters. The van der Waals surface area contributed by atoms with Crippen molar-refractivity contribution in [1.29, 1.82) is 0 Å². The quantitative estimate of drug-likeness (QED) is 0.586.